The zero-order valence-electron chi connectivity index (χ0n) is 16.6. The van der Waals surface area contributed by atoms with E-state index >= 15 is 0 Å². The molecule has 9 heteroatoms. The lowest BCUT2D eigenvalue weighted by Gasteiger charge is -2.34. The van der Waals surface area contributed by atoms with Gasteiger partial charge in [-0.3, -0.25) is 9.59 Å². The van der Waals surface area contributed by atoms with Gasteiger partial charge in [-0.1, -0.05) is 6.07 Å². The normalized spacial score (nSPS) is 13.8. The molecule has 9 nitrogen and oxygen atoms in total. The molecule has 0 spiro atoms. The molecule has 0 radical (unpaired) electrons. The molecular formula is C20H23N5O4. The third-order valence-corrected chi connectivity index (χ3v) is 4.63. The van der Waals surface area contributed by atoms with Gasteiger partial charge in [0, 0.05) is 44.9 Å². The van der Waals surface area contributed by atoms with Crippen molar-refractivity contribution in [2.24, 2.45) is 0 Å². The van der Waals surface area contributed by atoms with Gasteiger partial charge in [-0.15, -0.1) is 0 Å². The smallest absolute Gasteiger partial charge is 0.337 e. The van der Waals surface area contributed by atoms with Crippen LogP contribution in [0.1, 0.15) is 33.6 Å². The number of aromatic nitrogens is 2. The van der Waals surface area contributed by atoms with Crippen molar-refractivity contribution in [1.29, 1.82) is 0 Å². The number of rotatable bonds is 4. The summed E-state index contributed by atoms with van der Waals surface area (Å²) in [6, 6.07) is 8.39. The van der Waals surface area contributed by atoms with E-state index in [0.29, 0.717) is 49.1 Å². The minimum Gasteiger partial charge on any atom is -0.465 e. The predicted octanol–water partition coefficient (Wildman–Crippen LogP) is 1.62. The first kappa shape index (κ1) is 20.2. The van der Waals surface area contributed by atoms with E-state index in [-0.39, 0.29) is 17.5 Å². The molecule has 0 bridgehead atoms. The van der Waals surface area contributed by atoms with Crippen LogP contribution in [0.3, 0.4) is 0 Å². The van der Waals surface area contributed by atoms with Gasteiger partial charge >= 0.3 is 5.97 Å². The summed E-state index contributed by atoms with van der Waals surface area (Å²) >= 11 is 0. The SMILES string of the molecule is COC(=O)c1cccc(Nc2cc(C(=O)N3CCN(C(C)=O)CC3)nc(C)n2)c1. The summed E-state index contributed by atoms with van der Waals surface area (Å²) in [5, 5.41) is 3.10. The number of carbonyl (C=O) groups excluding carboxylic acids is 3. The Bertz CT molecular complexity index is 938. The number of aryl methyl sites for hydroxylation is 1. The fourth-order valence-corrected chi connectivity index (χ4v) is 3.12. The number of carbonyl (C=O) groups is 3. The fraction of sp³-hybridized carbons (Fsp3) is 0.350. The Kier molecular flexibility index (Phi) is 6.06. The molecule has 1 aliphatic rings. The molecule has 152 valence electrons. The number of nitrogens with zero attached hydrogens (tertiary/aromatic N) is 4. The van der Waals surface area contributed by atoms with Crippen LogP contribution in [-0.4, -0.2) is 70.8 Å². The average molecular weight is 397 g/mol. The third-order valence-electron chi connectivity index (χ3n) is 4.63. The first-order valence-electron chi connectivity index (χ1n) is 9.23. The van der Waals surface area contributed by atoms with E-state index in [4.69, 9.17) is 4.74 Å². The van der Waals surface area contributed by atoms with E-state index in [1.54, 1.807) is 47.1 Å². The van der Waals surface area contributed by atoms with E-state index in [1.165, 1.54) is 14.0 Å². The van der Waals surface area contributed by atoms with Gasteiger partial charge in [-0.25, -0.2) is 14.8 Å². The molecule has 3 rings (SSSR count). The second kappa shape index (κ2) is 8.68. The van der Waals surface area contributed by atoms with Gasteiger partial charge in [0.1, 0.15) is 17.3 Å². The summed E-state index contributed by atoms with van der Waals surface area (Å²) in [7, 11) is 1.32. The lowest BCUT2D eigenvalue weighted by Crippen LogP contribution is -2.50. The van der Waals surface area contributed by atoms with Gasteiger partial charge in [0.25, 0.3) is 5.91 Å². The van der Waals surface area contributed by atoms with E-state index in [0.717, 1.165) is 0 Å². The topological polar surface area (TPSA) is 105 Å². The minimum atomic E-state index is -0.437. The molecule has 1 N–H and O–H groups in total. The highest BCUT2D eigenvalue weighted by molar-refractivity contribution is 5.93. The predicted molar refractivity (Wildman–Crippen MR) is 106 cm³/mol. The molecular weight excluding hydrogens is 374 g/mol. The lowest BCUT2D eigenvalue weighted by atomic mass is 10.2. The first-order chi connectivity index (χ1) is 13.9. The molecule has 0 saturated carbocycles. The molecule has 2 heterocycles. The van der Waals surface area contributed by atoms with Crippen LogP contribution in [0.25, 0.3) is 0 Å². The zero-order chi connectivity index (χ0) is 21.0. The summed E-state index contributed by atoms with van der Waals surface area (Å²) < 4.78 is 4.73. The molecule has 2 aromatic rings. The number of methoxy groups -OCH3 is 1. The standard InChI is InChI=1S/C20H23N5O4/c1-13-21-17(19(27)25-9-7-24(8-10-25)14(2)26)12-18(22-13)23-16-6-4-5-15(11-16)20(28)29-3/h4-6,11-12H,7-10H2,1-3H3,(H,21,22,23). The van der Waals surface area contributed by atoms with Crippen LogP contribution in [0.4, 0.5) is 11.5 Å². The quantitative estimate of drug-likeness (QED) is 0.782. The molecule has 1 aromatic heterocycles. The van der Waals surface area contributed by atoms with Crippen molar-refractivity contribution in [3.05, 3.63) is 47.4 Å². The molecule has 0 unspecified atom stereocenters. The Balaban J connectivity index is 1.76. The largest absolute Gasteiger partial charge is 0.465 e. The second-order valence-electron chi connectivity index (χ2n) is 6.68. The number of anilines is 2. The van der Waals surface area contributed by atoms with Crippen LogP contribution in [0, 0.1) is 6.92 Å². The highest BCUT2D eigenvalue weighted by Crippen LogP contribution is 2.18. The van der Waals surface area contributed by atoms with Crippen LogP contribution in [-0.2, 0) is 9.53 Å². The number of ether oxygens (including phenoxy) is 1. The van der Waals surface area contributed by atoms with Crippen molar-refractivity contribution >= 4 is 29.3 Å². The van der Waals surface area contributed by atoms with Crippen LogP contribution in [0.15, 0.2) is 30.3 Å². The molecule has 29 heavy (non-hydrogen) atoms. The van der Waals surface area contributed by atoms with E-state index in [2.05, 4.69) is 15.3 Å². The number of benzene rings is 1. The van der Waals surface area contributed by atoms with Crippen molar-refractivity contribution in [2.45, 2.75) is 13.8 Å². The summed E-state index contributed by atoms with van der Waals surface area (Å²) in [5.74, 6) is 0.267. The van der Waals surface area contributed by atoms with Gasteiger partial charge in [0.2, 0.25) is 5.91 Å². The van der Waals surface area contributed by atoms with Crippen molar-refractivity contribution < 1.29 is 19.1 Å². The number of esters is 1. The van der Waals surface area contributed by atoms with E-state index in [1.807, 2.05) is 0 Å². The number of amides is 2. The Hall–Kier alpha value is -3.49. The average Bonchev–Trinajstić information content (AvgIpc) is 2.72. The van der Waals surface area contributed by atoms with Crippen LogP contribution in [0.2, 0.25) is 0 Å². The van der Waals surface area contributed by atoms with E-state index < -0.39 is 5.97 Å². The molecule has 0 atom stereocenters. The number of hydrogen-bond donors (Lipinski definition) is 1. The van der Waals surface area contributed by atoms with Gasteiger partial charge in [0.05, 0.1) is 12.7 Å². The van der Waals surface area contributed by atoms with Crippen LogP contribution >= 0.6 is 0 Å². The number of piperazine rings is 1. The number of hydrogen-bond acceptors (Lipinski definition) is 7. The van der Waals surface area contributed by atoms with Gasteiger partial charge in [-0.2, -0.15) is 0 Å². The number of nitrogens with one attached hydrogen (secondary N) is 1. The maximum absolute atomic E-state index is 12.9. The highest BCUT2D eigenvalue weighted by atomic mass is 16.5. The molecule has 1 fully saturated rings. The summed E-state index contributed by atoms with van der Waals surface area (Å²) in [4.78, 5) is 48.0. The highest BCUT2D eigenvalue weighted by Gasteiger charge is 2.24. The summed E-state index contributed by atoms with van der Waals surface area (Å²) in [6.45, 7) is 5.18. The van der Waals surface area contributed by atoms with Crippen molar-refractivity contribution in [1.82, 2.24) is 19.8 Å². The van der Waals surface area contributed by atoms with Crippen LogP contribution in [0.5, 0.6) is 0 Å². The molecule has 0 aliphatic carbocycles. The monoisotopic (exact) mass is 397 g/mol. The molecule has 1 saturated heterocycles. The third kappa shape index (κ3) is 4.87. The van der Waals surface area contributed by atoms with Crippen molar-refractivity contribution in [2.75, 3.05) is 38.6 Å². The second-order valence-corrected chi connectivity index (χ2v) is 6.68. The van der Waals surface area contributed by atoms with E-state index in [9.17, 15) is 14.4 Å². The first-order valence-corrected chi connectivity index (χ1v) is 9.23. The van der Waals surface area contributed by atoms with Gasteiger partial charge < -0.3 is 19.9 Å². The summed E-state index contributed by atoms with van der Waals surface area (Å²) in [6.07, 6.45) is 0. The maximum atomic E-state index is 12.9. The molecule has 1 aliphatic heterocycles. The Labute approximate surface area is 168 Å². The minimum absolute atomic E-state index is 0.00986. The van der Waals surface area contributed by atoms with Gasteiger partial charge in [-0.05, 0) is 25.1 Å². The maximum Gasteiger partial charge on any atom is 0.337 e. The van der Waals surface area contributed by atoms with Crippen LogP contribution < -0.4 is 5.32 Å². The lowest BCUT2D eigenvalue weighted by molar-refractivity contribution is -0.130. The van der Waals surface area contributed by atoms with Crippen molar-refractivity contribution in [3.63, 3.8) is 0 Å². The Morgan fingerprint density at radius 3 is 2.38 bits per heavy atom. The Morgan fingerprint density at radius 1 is 1.03 bits per heavy atom. The Morgan fingerprint density at radius 2 is 1.72 bits per heavy atom. The molecule has 1 aromatic carbocycles. The zero-order valence-corrected chi connectivity index (χ0v) is 16.6. The fourth-order valence-electron chi connectivity index (χ4n) is 3.12. The molecule has 2 amide bonds. The summed E-state index contributed by atoms with van der Waals surface area (Å²) in [5.41, 5.74) is 1.32. The van der Waals surface area contributed by atoms with Crippen molar-refractivity contribution in [3.8, 4) is 0 Å². The van der Waals surface area contributed by atoms with Gasteiger partial charge in [0.15, 0.2) is 0 Å².